The zero-order chi connectivity index (χ0) is 16.0. The number of carboxylic acid groups (broad SMARTS) is 1. The van der Waals surface area contributed by atoms with Crippen molar-refractivity contribution in [3.05, 3.63) is 29.8 Å². The van der Waals surface area contributed by atoms with Gasteiger partial charge in [-0.1, -0.05) is 38.3 Å². The van der Waals surface area contributed by atoms with Gasteiger partial charge >= 0.3 is 5.97 Å². The van der Waals surface area contributed by atoms with E-state index >= 15 is 0 Å². The Hall–Kier alpha value is -2.04. The van der Waals surface area contributed by atoms with Gasteiger partial charge in [-0.3, -0.25) is 4.79 Å². The van der Waals surface area contributed by atoms with Crippen molar-refractivity contribution in [2.75, 3.05) is 6.61 Å². The largest absolute Gasteiger partial charge is 0.484 e. The lowest BCUT2D eigenvalue weighted by Gasteiger charge is -2.33. The maximum Gasteiger partial charge on any atom is 0.329 e. The SMILES string of the molecule is CCc1ccc(OCC(=O)NC2(C(=O)O)CCCCC2)cc1. The number of amides is 1. The highest BCUT2D eigenvalue weighted by Gasteiger charge is 2.40. The molecule has 1 aromatic rings. The first-order valence-corrected chi connectivity index (χ1v) is 7.82. The Balaban J connectivity index is 1.89. The molecule has 22 heavy (non-hydrogen) atoms. The highest BCUT2D eigenvalue weighted by molar-refractivity contribution is 5.87. The molecule has 2 rings (SSSR count). The van der Waals surface area contributed by atoms with Crippen LogP contribution < -0.4 is 10.1 Å². The van der Waals surface area contributed by atoms with E-state index in [2.05, 4.69) is 12.2 Å². The molecule has 0 aromatic heterocycles. The van der Waals surface area contributed by atoms with E-state index in [1.165, 1.54) is 5.56 Å². The van der Waals surface area contributed by atoms with Gasteiger partial charge in [-0.2, -0.15) is 0 Å². The van der Waals surface area contributed by atoms with Crippen molar-refractivity contribution >= 4 is 11.9 Å². The molecule has 1 aromatic carbocycles. The van der Waals surface area contributed by atoms with E-state index in [9.17, 15) is 14.7 Å². The summed E-state index contributed by atoms with van der Waals surface area (Å²) in [6.07, 6.45) is 4.59. The van der Waals surface area contributed by atoms with E-state index in [1.54, 1.807) is 0 Å². The van der Waals surface area contributed by atoms with E-state index in [4.69, 9.17) is 4.74 Å². The number of aliphatic carboxylic acids is 1. The fourth-order valence-corrected chi connectivity index (χ4v) is 2.82. The van der Waals surface area contributed by atoms with Crippen LogP contribution in [0, 0.1) is 0 Å². The number of rotatable bonds is 6. The van der Waals surface area contributed by atoms with Crippen LogP contribution in [0.2, 0.25) is 0 Å². The Labute approximate surface area is 130 Å². The second-order valence-electron chi connectivity index (χ2n) is 5.78. The van der Waals surface area contributed by atoms with E-state index in [1.807, 2.05) is 24.3 Å². The zero-order valence-corrected chi connectivity index (χ0v) is 12.9. The molecule has 1 saturated carbocycles. The number of aryl methyl sites for hydroxylation is 1. The Morgan fingerprint density at radius 1 is 1.18 bits per heavy atom. The third-order valence-electron chi connectivity index (χ3n) is 4.20. The maximum atomic E-state index is 12.0. The minimum Gasteiger partial charge on any atom is -0.484 e. The van der Waals surface area contributed by atoms with E-state index in [-0.39, 0.29) is 12.5 Å². The summed E-state index contributed by atoms with van der Waals surface area (Å²) in [7, 11) is 0. The van der Waals surface area contributed by atoms with Gasteiger partial charge in [0.2, 0.25) is 0 Å². The minimum absolute atomic E-state index is 0.166. The third-order valence-corrected chi connectivity index (χ3v) is 4.20. The van der Waals surface area contributed by atoms with Gasteiger partial charge in [0.25, 0.3) is 5.91 Å². The summed E-state index contributed by atoms with van der Waals surface area (Å²) in [5.41, 5.74) is 0.0777. The van der Waals surface area contributed by atoms with Gasteiger partial charge in [0, 0.05) is 0 Å². The molecule has 0 bridgehead atoms. The lowest BCUT2D eigenvalue weighted by atomic mass is 9.81. The van der Waals surface area contributed by atoms with E-state index in [0.29, 0.717) is 18.6 Å². The quantitative estimate of drug-likeness (QED) is 0.847. The van der Waals surface area contributed by atoms with Crippen LogP contribution in [0.25, 0.3) is 0 Å². The molecule has 0 radical (unpaired) electrons. The van der Waals surface area contributed by atoms with Crippen LogP contribution in [0.1, 0.15) is 44.6 Å². The number of hydrogen-bond donors (Lipinski definition) is 2. The monoisotopic (exact) mass is 305 g/mol. The van der Waals surface area contributed by atoms with Crippen molar-refractivity contribution in [3.8, 4) is 5.75 Å². The second kappa shape index (κ2) is 7.29. The maximum absolute atomic E-state index is 12.0. The number of carbonyl (C=O) groups is 2. The van der Waals surface area contributed by atoms with Gasteiger partial charge in [0.15, 0.2) is 6.61 Å². The van der Waals surface area contributed by atoms with Gasteiger partial charge in [-0.25, -0.2) is 4.79 Å². The summed E-state index contributed by atoms with van der Waals surface area (Å²) >= 11 is 0. The molecule has 2 N–H and O–H groups in total. The van der Waals surface area contributed by atoms with Crippen LogP contribution in [0.15, 0.2) is 24.3 Å². The Bertz CT molecular complexity index is 518. The minimum atomic E-state index is -1.12. The van der Waals surface area contributed by atoms with Crippen LogP contribution in [0.5, 0.6) is 5.75 Å². The van der Waals surface area contributed by atoms with Gasteiger partial charge in [0.05, 0.1) is 0 Å². The number of hydrogen-bond acceptors (Lipinski definition) is 3. The summed E-state index contributed by atoms with van der Waals surface area (Å²) in [5, 5.41) is 12.1. The Morgan fingerprint density at radius 2 is 1.82 bits per heavy atom. The smallest absolute Gasteiger partial charge is 0.329 e. The standard InChI is InChI=1S/C17H23NO4/c1-2-13-6-8-14(9-7-13)22-12-15(19)18-17(16(20)21)10-4-3-5-11-17/h6-9H,2-5,10-12H2,1H3,(H,18,19)(H,20,21). The molecule has 0 aliphatic heterocycles. The second-order valence-corrected chi connectivity index (χ2v) is 5.78. The first kappa shape index (κ1) is 16.3. The fourth-order valence-electron chi connectivity index (χ4n) is 2.82. The number of ether oxygens (including phenoxy) is 1. The molecule has 1 amide bonds. The molecular weight excluding hydrogens is 282 g/mol. The summed E-state index contributed by atoms with van der Waals surface area (Å²) in [5.74, 6) is -0.725. The summed E-state index contributed by atoms with van der Waals surface area (Å²) in [6, 6.07) is 7.54. The Kier molecular flexibility index (Phi) is 5.41. The number of benzene rings is 1. The van der Waals surface area contributed by atoms with Gasteiger partial charge in [-0.05, 0) is 37.0 Å². The number of nitrogens with one attached hydrogen (secondary N) is 1. The normalized spacial score (nSPS) is 16.8. The van der Waals surface area contributed by atoms with Crippen LogP contribution >= 0.6 is 0 Å². The lowest BCUT2D eigenvalue weighted by Crippen LogP contribution is -2.56. The van der Waals surface area contributed by atoms with Crippen molar-refractivity contribution in [2.45, 2.75) is 51.0 Å². The summed E-state index contributed by atoms with van der Waals surface area (Å²) in [4.78, 5) is 23.5. The molecule has 5 nitrogen and oxygen atoms in total. The molecule has 5 heteroatoms. The van der Waals surface area contributed by atoms with Gasteiger partial charge in [0.1, 0.15) is 11.3 Å². The molecule has 0 atom stereocenters. The molecule has 0 saturated heterocycles. The highest BCUT2D eigenvalue weighted by atomic mass is 16.5. The van der Waals surface area contributed by atoms with Crippen LogP contribution in [0.4, 0.5) is 0 Å². The first-order chi connectivity index (χ1) is 10.6. The van der Waals surface area contributed by atoms with Crippen molar-refractivity contribution in [1.82, 2.24) is 5.32 Å². The van der Waals surface area contributed by atoms with E-state index < -0.39 is 11.5 Å². The molecule has 1 fully saturated rings. The van der Waals surface area contributed by atoms with Crippen molar-refractivity contribution in [2.24, 2.45) is 0 Å². The molecule has 1 aliphatic rings. The number of carbonyl (C=O) groups excluding carboxylic acids is 1. The summed E-state index contributed by atoms with van der Waals surface area (Å²) < 4.78 is 5.43. The molecule has 0 unspecified atom stereocenters. The molecule has 0 heterocycles. The molecule has 1 aliphatic carbocycles. The van der Waals surface area contributed by atoms with Crippen molar-refractivity contribution < 1.29 is 19.4 Å². The van der Waals surface area contributed by atoms with Gasteiger partial charge < -0.3 is 15.2 Å². The summed E-state index contributed by atoms with van der Waals surface area (Å²) in [6.45, 7) is 1.90. The topological polar surface area (TPSA) is 75.6 Å². The lowest BCUT2D eigenvalue weighted by molar-refractivity contribution is -0.149. The predicted molar refractivity (Wildman–Crippen MR) is 82.9 cm³/mol. The first-order valence-electron chi connectivity index (χ1n) is 7.82. The van der Waals surface area contributed by atoms with Crippen molar-refractivity contribution in [3.63, 3.8) is 0 Å². The molecular formula is C17H23NO4. The average molecular weight is 305 g/mol. The van der Waals surface area contributed by atoms with Crippen LogP contribution in [-0.4, -0.2) is 29.1 Å². The van der Waals surface area contributed by atoms with E-state index in [0.717, 1.165) is 25.7 Å². The Morgan fingerprint density at radius 3 is 2.36 bits per heavy atom. The fraction of sp³-hybridized carbons (Fsp3) is 0.529. The number of carboxylic acids is 1. The van der Waals surface area contributed by atoms with Crippen LogP contribution in [-0.2, 0) is 16.0 Å². The molecule has 120 valence electrons. The predicted octanol–water partition coefficient (Wildman–Crippen LogP) is 2.53. The van der Waals surface area contributed by atoms with Crippen LogP contribution in [0.3, 0.4) is 0 Å². The molecule has 0 spiro atoms. The third kappa shape index (κ3) is 4.00. The zero-order valence-electron chi connectivity index (χ0n) is 12.9. The van der Waals surface area contributed by atoms with Crippen molar-refractivity contribution in [1.29, 1.82) is 0 Å². The average Bonchev–Trinajstić information content (AvgIpc) is 2.54. The van der Waals surface area contributed by atoms with Gasteiger partial charge in [-0.15, -0.1) is 0 Å². The highest BCUT2D eigenvalue weighted by Crippen LogP contribution is 2.28.